The Morgan fingerprint density at radius 2 is 2.31 bits per heavy atom. The standard InChI is InChI=1S/C10H16N2S/c1-8-10(7-11,5-2-6-13-8)12-9-3-4-9/h8-9,12H,2-6H2,1H3. The minimum Gasteiger partial charge on any atom is -0.296 e. The van der Waals surface area contributed by atoms with Crippen molar-refractivity contribution in [2.24, 2.45) is 0 Å². The maximum absolute atomic E-state index is 9.26. The van der Waals surface area contributed by atoms with E-state index < -0.39 is 0 Å². The van der Waals surface area contributed by atoms with Crippen LogP contribution in [0.4, 0.5) is 0 Å². The van der Waals surface area contributed by atoms with E-state index in [1.54, 1.807) is 0 Å². The van der Waals surface area contributed by atoms with Crippen LogP contribution in [0.15, 0.2) is 0 Å². The van der Waals surface area contributed by atoms with E-state index in [1.165, 1.54) is 25.0 Å². The molecule has 1 heterocycles. The summed E-state index contributed by atoms with van der Waals surface area (Å²) in [5.41, 5.74) is -0.218. The molecule has 0 aromatic carbocycles. The topological polar surface area (TPSA) is 35.8 Å². The molecule has 1 N–H and O–H groups in total. The van der Waals surface area contributed by atoms with Gasteiger partial charge in [0.25, 0.3) is 0 Å². The van der Waals surface area contributed by atoms with Crippen LogP contribution in [0.3, 0.4) is 0 Å². The van der Waals surface area contributed by atoms with Crippen LogP contribution >= 0.6 is 11.8 Å². The zero-order valence-corrected chi connectivity index (χ0v) is 8.86. The third-order valence-electron chi connectivity index (χ3n) is 3.02. The van der Waals surface area contributed by atoms with Crippen LogP contribution < -0.4 is 5.32 Å². The van der Waals surface area contributed by atoms with Crippen LogP contribution in [0.5, 0.6) is 0 Å². The van der Waals surface area contributed by atoms with Gasteiger partial charge in [-0.15, -0.1) is 0 Å². The molecule has 2 atom stereocenters. The molecule has 1 aliphatic heterocycles. The summed E-state index contributed by atoms with van der Waals surface area (Å²) >= 11 is 1.93. The molecule has 2 unspecified atom stereocenters. The lowest BCUT2D eigenvalue weighted by Crippen LogP contribution is -2.53. The number of nitriles is 1. The fraction of sp³-hybridized carbons (Fsp3) is 0.900. The Kier molecular flexibility index (Phi) is 2.53. The molecule has 1 saturated carbocycles. The van der Waals surface area contributed by atoms with E-state index >= 15 is 0 Å². The lowest BCUT2D eigenvalue weighted by atomic mass is 9.91. The molecule has 0 spiro atoms. The lowest BCUT2D eigenvalue weighted by Gasteiger charge is -2.37. The van der Waals surface area contributed by atoms with E-state index in [2.05, 4.69) is 18.3 Å². The molecule has 2 nitrogen and oxygen atoms in total. The summed E-state index contributed by atoms with van der Waals surface area (Å²) in [6.45, 7) is 2.18. The average molecular weight is 196 g/mol. The van der Waals surface area contributed by atoms with Gasteiger partial charge in [0.2, 0.25) is 0 Å². The average Bonchev–Trinajstić information content (AvgIpc) is 2.93. The number of hydrogen-bond donors (Lipinski definition) is 1. The summed E-state index contributed by atoms with van der Waals surface area (Å²) in [5, 5.41) is 13.2. The second kappa shape index (κ2) is 3.51. The van der Waals surface area contributed by atoms with Crippen LogP contribution in [0.25, 0.3) is 0 Å². The van der Waals surface area contributed by atoms with Crippen molar-refractivity contribution in [3.8, 4) is 6.07 Å². The third-order valence-corrected chi connectivity index (χ3v) is 4.44. The summed E-state index contributed by atoms with van der Waals surface area (Å²) < 4.78 is 0. The number of thioether (sulfide) groups is 1. The highest BCUT2D eigenvalue weighted by Crippen LogP contribution is 2.36. The molecule has 2 rings (SSSR count). The Morgan fingerprint density at radius 3 is 2.85 bits per heavy atom. The SMILES string of the molecule is CC1SCCCC1(C#N)NC1CC1. The molecule has 72 valence electrons. The summed E-state index contributed by atoms with van der Waals surface area (Å²) in [4.78, 5) is 0. The monoisotopic (exact) mass is 196 g/mol. The number of hydrogen-bond acceptors (Lipinski definition) is 3. The molecule has 1 aliphatic carbocycles. The second-order valence-electron chi connectivity index (χ2n) is 4.12. The van der Waals surface area contributed by atoms with Gasteiger partial charge in [0.1, 0.15) is 5.54 Å². The Hall–Kier alpha value is -0.200. The van der Waals surface area contributed by atoms with Crippen molar-refractivity contribution >= 4 is 11.8 Å². The highest BCUT2D eigenvalue weighted by Gasteiger charge is 2.42. The van der Waals surface area contributed by atoms with Gasteiger partial charge in [-0.2, -0.15) is 17.0 Å². The fourth-order valence-corrected chi connectivity index (χ4v) is 3.10. The molecular formula is C10H16N2S. The predicted molar refractivity (Wildman–Crippen MR) is 55.7 cm³/mol. The Bertz CT molecular complexity index is 232. The fourth-order valence-electron chi connectivity index (χ4n) is 1.92. The summed E-state index contributed by atoms with van der Waals surface area (Å²) in [5.74, 6) is 1.22. The van der Waals surface area contributed by atoms with Crippen molar-refractivity contribution in [2.45, 2.75) is 49.4 Å². The van der Waals surface area contributed by atoms with Crippen molar-refractivity contribution in [2.75, 3.05) is 5.75 Å². The van der Waals surface area contributed by atoms with Crippen molar-refractivity contribution in [3.05, 3.63) is 0 Å². The van der Waals surface area contributed by atoms with Crippen LogP contribution in [0, 0.1) is 11.3 Å². The van der Waals surface area contributed by atoms with Crippen LogP contribution in [-0.4, -0.2) is 22.6 Å². The maximum Gasteiger partial charge on any atom is 0.118 e. The molecule has 0 bridgehead atoms. The molecule has 3 heteroatoms. The molecule has 0 aromatic heterocycles. The third kappa shape index (κ3) is 1.84. The highest BCUT2D eigenvalue weighted by molar-refractivity contribution is 8.00. The predicted octanol–water partition coefficient (Wildman–Crippen LogP) is 1.92. The number of nitrogens with zero attached hydrogens (tertiary/aromatic N) is 1. The Balaban J connectivity index is 2.06. The van der Waals surface area contributed by atoms with E-state index in [0.29, 0.717) is 11.3 Å². The van der Waals surface area contributed by atoms with Crippen molar-refractivity contribution < 1.29 is 0 Å². The first-order valence-electron chi connectivity index (χ1n) is 5.07. The zero-order valence-electron chi connectivity index (χ0n) is 8.05. The van der Waals surface area contributed by atoms with Gasteiger partial charge in [-0.05, 0) is 31.4 Å². The van der Waals surface area contributed by atoms with Crippen LogP contribution in [-0.2, 0) is 0 Å². The van der Waals surface area contributed by atoms with Crippen molar-refractivity contribution in [3.63, 3.8) is 0 Å². The van der Waals surface area contributed by atoms with E-state index in [1.807, 2.05) is 11.8 Å². The van der Waals surface area contributed by atoms with Gasteiger partial charge in [-0.3, -0.25) is 5.32 Å². The van der Waals surface area contributed by atoms with Crippen molar-refractivity contribution in [1.82, 2.24) is 5.32 Å². The minimum absolute atomic E-state index is 0.218. The summed E-state index contributed by atoms with van der Waals surface area (Å²) in [7, 11) is 0. The Morgan fingerprint density at radius 1 is 1.54 bits per heavy atom. The molecule has 1 saturated heterocycles. The largest absolute Gasteiger partial charge is 0.296 e. The van der Waals surface area contributed by atoms with Gasteiger partial charge in [0.15, 0.2) is 0 Å². The van der Waals surface area contributed by atoms with E-state index in [0.717, 1.165) is 6.42 Å². The number of rotatable bonds is 2. The molecular weight excluding hydrogens is 180 g/mol. The Labute approximate surface area is 84.1 Å². The molecule has 13 heavy (non-hydrogen) atoms. The van der Waals surface area contributed by atoms with E-state index in [-0.39, 0.29) is 5.54 Å². The van der Waals surface area contributed by atoms with E-state index in [9.17, 15) is 5.26 Å². The summed E-state index contributed by atoms with van der Waals surface area (Å²) in [6, 6.07) is 3.15. The second-order valence-corrected chi connectivity index (χ2v) is 5.57. The lowest BCUT2D eigenvalue weighted by molar-refractivity contribution is 0.367. The molecule has 0 aromatic rings. The first kappa shape index (κ1) is 9.36. The molecule has 0 amide bonds. The van der Waals surface area contributed by atoms with Gasteiger partial charge < -0.3 is 0 Å². The van der Waals surface area contributed by atoms with Gasteiger partial charge in [0, 0.05) is 11.3 Å². The molecule has 2 aliphatic rings. The van der Waals surface area contributed by atoms with Gasteiger partial charge in [-0.1, -0.05) is 6.92 Å². The first-order chi connectivity index (χ1) is 6.27. The van der Waals surface area contributed by atoms with Crippen LogP contribution in [0.1, 0.15) is 32.6 Å². The van der Waals surface area contributed by atoms with Crippen LogP contribution in [0.2, 0.25) is 0 Å². The quantitative estimate of drug-likeness (QED) is 0.733. The smallest absolute Gasteiger partial charge is 0.118 e. The van der Waals surface area contributed by atoms with Crippen molar-refractivity contribution in [1.29, 1.82) is 5.26 Å². The van der Waals surface area contributed by atoms with Gasteiger partial charge in [0.05, 0.1) is 6.07 Å². The first-order valence-corrected chi connectivity index (χ1v) is 6.12. The summed E-state index contributed by atoms with van der Waals surface area (Å²) in [6.07, 6.45) is 4.75. The number of nitrogens with one attached hydrogen (secondary N) is 1. The zero-order chi connectivity index (χ0) is 9.31. The van der Waals surface area contributed by atoms with Gasteiger partial charge >= 0.3 is 0 Å². The maximum atomic E-state index is 9.26. The van der Waals surface area contributed by atoms with Gasteiger partial charge in [-0.25, -0.2) is 0 Å². The highest BCUT2D eigenvalue weighted by atomic mass is 32.2. The minimum atomic E-state index is -0.218. The molecule has 0 radical (unpaired) electrons. The molecule has 2 fully saturated rings. The van der Waals surface area contributed by atoms with E-state index in [4.69, 9.17) is 0 Å². The normalized spacial score (nSPS) is 39.8.